The summed E-state index contributed by atoms with van der Waals surface area (Å²) in [5.74, 6) is -0.372. The SMILES string of the molecule is CC[C@H](C)NC(=O)[C@H](CC)N(Cc1ccc(Cl)cc1Cl)C(=O)CN(c1ccc(OC)cc1)S(=O)(=O)c1ccccc1. The number of benzene rings is 3. The van der Waals surface area contributed by atoms with Gasteiger partial charge in [-0.25, -0.2) is 8.42 Å². The van der Waals surface area contributed by atoms with Gasteiger partial charge in [0.1, 0.15) is 18.3 Å². The Balaban J connectivity index is 2.07. The number of amides is 2. The molecule has 2 amide bonds. The fraction of sp³-hybridized carbons (Fsp3) is 0.333. The number of sulfonamides is 1. The Kier molecular flexibility index (Phi) is 11.5. The molecule has 0 saturated heterocycles. The van der Waals surface area contributed by atoms with Crippen LogP contribution in [0.4, 0.5) is 5.69 Å². The van der Waals surface area contributed by atoms with Gasteiger partial charge in [-0.3, -0.25) is 13.9 Å². The number of ether oxygens (including phenoxy) is 1. The van der Waals surface area contributed by atoms with E-state index < -0.39 is 28.5 Å². The van der Waals surface area contributed by atoms with Crippen LogP contribution >= 0.6 is 23.2 Å². The zero-order valence-corrected chi connectivity index (χ0v) is 25.8. The van der Waals surface area contributed by atoms with Gasteiger partial charge in [0.05, 0.1) is 17.7 Å². The van der Waals surface area contributed by atoms with Gasteiger partial charge in [0.2, 0.25) is 11.8 Å². The van der Waals surface area contributed by atoms with Gasteiger partial charge in [-0.1, -0.05) is 61.3 Å². The highest BCUT2D eigenvalue weighted by molar-refractivity contribution is 7.92. The normalized spacial score (nSPS) is 12.7. The molecule has 0 heterocycles. The number of nitrogens with zero attached hydrogens (tertiary/aromatic N) is 2. The number of anilines is 1. The summed E-state index contributed by atoms with van der Waals surface area (Å²) in [6.45, 7) is 5.05. The number of hydrogen-bond donors (Lipinski definition) is 1. The average Bonchev–Trinajstić information content (AvgIpc) is 2.97. The summed E-state index contributed by atoms with van der Waals surface area (Å²) in [6, 6.07) is 18.2. The van der Waals surface area contributed by atoms with E-state index >= 15 is 0 Å². The topological polar surface area (TPSA) is 96.0 Å². The van der Waals surface area contributed by atoms with Gasteiger partial charge in [-0.05, 0) is 73.9 Å². The van der Waals surface area contributed by atoms with Crippen molar-refractivity contribution in [3.8, 4) is 5.75 Å². The number of hydrogen-bond acceptors (Lipinski definition) is 5. The maximum absolute atomic E-state index is 14.1. The summed E-state index contributed by atoms with van der Waals surface area (Å²) >= 11 is 12.5. The number of rotatable bonds is 13. The van der Waals surface area contributed by atoms with E-state index in [1.807, 2.05) is 13.8 Å². The second-order valence-corrected chi connectivity index (χ2v) is 12.2. The fourth-order valence-corrected chi connectivity index (χ4v) is 6.09. The van der Waals surface area contributed by atoms with Crippen LogP contribution < -0.4 is 14.4 Å². The van der Waals surface area contributed by atoms with Crippen LogP contribution in [0.3, 0.4) is 0 Å². The number of methoxy groups -OCH3 is 1. The smallest absolute Gasteiger partial charge is 0.264 e. The quantitative estimate of drug-likeness (QED) is 0.256. The number of carbonyl (C=O) groups is 2. The maximum atomic E-state index is 14.1. The van der Waals surface area contributed by atoms with Crippen molar-refractivity contribution in [1.29, 1.82) is 0 Å². The van der Waals surface area contributed by atoms with Gasteiger partial charge in [-0.2, -0.15) is 0 Å². The molecular weight excluding hydrogens is 585 g/mol. The zero-order valence-electron chi connectivity index (χ0n) is 23.5. The van der Waals surface area contributed by atoms with E-state index in [0.717, 1.165) is 4.31 Å². The first-order valence-corrected chi connectivity index (χ1v) is 15.5. The van der Waals surface area contributed by atoms with Crippen molar-refractivity contribution in [2.24, 2.45) is 0 Å². The molecule has 0 unspecified atom stereocenters. The van der Waals surface area contributed by atoms with Crippen molar-refractivity contribution < 1.29 is 22.7 Å². The van der Waals surface area contributed by atoms with Crippen LogP contribution in [0.25, 0.3) is 0 Å². The Bertz CT molecular complexity index is 1440. The van der Waals surface area contributed by atoms with Crippen molar-refractivity contribution in [3.63, 3.8) is 0 Å². The van der Waals surface area contributed by atoms with E-state index in [4.69, 9.17) is 27.9 Å². The van der Waals surface area contributed by atoms with Gasteiger partial charge in [0, 0.05) is 22.6 Å². The van der Waals surface area contributed by atoms with Crippen molar-refractivity contribution in [2.45, 2.75) is 57.1 Å². The van der Waals surface area contributed by atoms with E-state index in [9.17, 15) is 18.0 Å². The van der Waals surface area contributed by atoms with E-state index in [0.29, 0.717) is 34.2 Å². The molecule has 3 rings (SSSR count). The summed E-state index contributed by atoms with van der Waals surface area (Å²) in [5, 5.41) is 3.71. The Hall–Kier alpha value is -3.27. The van der Waals surface area contributed by atoms with Gasteiger partial charge in [0.15, 0.2) is 0 Å². The van der Waals surface area contributed by atoms with Crippen molar-refractivity contribution in [2.75, 3.05) is 18.0 Å². The summed E-state index contributed by atoms with van der Waals surface area (Å²) < 4.78 is 34.0. The largest absolute Gasteiger partial charge is 0.497 e. The summed E-state index contributed by atoms with van der Waals surface area (Å²) in [6.07, 6.45) is 1.01. The molecule has 0 aliphatic rings. The highest BCUT2D eigenvalue weighted by Crippen LogP contribution is 2.28. The molecule has 3 aromatic rings. The average molecular weight is 621 g/mol. The predicted octanol–water partition coefficient (Wildman–Crippen LogP) is 5.92. The van der Waals surface area contributed by atoms with Crippen LogP contribution in [0.1, 0.15) is 39.2 Å². The molecule has 41 heavy (non-hydrogen) atoms. The molecule has 0 radical (unpaired) electrons. The molecule has 0 aliphatic heterocycles. The molecule has 0 spiro atoms. The summed E-state index contributed by atoms with van der Waals surface area (Å²) in [4.78, 5) is 28.9. The van der Waals surface area contributed by atoms with E-state index in [2.05, 4.69) is 5.32 Å². The van der Waals surface area contributed by atoms with Crippen LogP contribution in [0, 0.1) is 0 Å². The Morgan fingerprint density at radius 1 is 0.951 bits per heavy atom. The lowest BCUT2D eigenvalue weighted by atomic mass is 10.1. The minimum atomic E-state index is -4.16. The van der Waals surface area contributed by atoms with Crippen LogP contribution in [0.5, 0.6) is 5.75 Å². The minimum Gasteiger partial charge on any atom is -0.497 e. The van der Waals surface area contributed by atoms with E-state index in [1.54, 1.807) is 67.6 Å². The number of carbonyl (C=O) groups excluding carboxylic acids is 2. The third kappa shape index (κ3) is 8.15. The molecule has 2 atom stereocenters. The van der Waals surface area contributed by atoms with Crippen LogP contribution in [-0.4, -0.2) is 50.9 Å². The highest BCUT2D eigenvalue weighted by atomic mass is 35.5. The summed E-state index contributed by atoms with van der Waals surface area (Å²) in [7, 11) is -2.66. The van der Waals surface area contributed by atoms with Crippen molar-refractivity contribution in [3.05, 3.63) is 88.4 Å². The lowest BCUT2D eigenvalue weighted by Crippen LogP contribution is -2.53. The second kappa shape index (κ2) is 14.6. The van der Waals surface area contributed by atoms with Gasteiger partial charge in [0.25, 0.3) is 10.0 Å². The van der Waals surface area contributed by atoms with Crippen LogP contribution in [0.2, 0.25) is 10.0 Å². The minimum absolute atomic E-state index is 0.0247. The summed E-state index contributed by atoms with van der Waals surface area (Å²) in [5.41, 5.74) is 0.839. The van der Waals surface area contributed by atoms with Crippen molar-refractivity contribution >= 4 is 50.7 Å². The fourth-order valence-electron chi connectivity index (χ4n) is 4.19. The molecule has 11 heteroatoms. The molecule has 3 aromatic carbocycles. The van der Waals surface area contributed by atoms with Crippen LogP contribution in [0.15, 0.2) is 77.7 Å². The zero-order chi connectivity index (χ0) is 30.2. The second-order valence-electron chi connectivity index (χ2n) is 9.52. The first-order valence-electron chi connectivity index (χ1n) is 13.3. The van der Waals surface area contributed by atoms with Gasteiger partial charge in [-0.15, -0.1) is 0 Å². The maximum Gasteiger partial charge on any atom is 0.264 e. The standard InChI is InChI=1S/C30H35Cl2N3O5S/c1-5-21(3)33-30(37)28(6-2)34(19-22-12-13-23(31)18-27(22)32)29(36)20-35(24-14-16-25(40-4)17-15-24)41(38,39)26-10-8-7-9-11-26/h7-18,21,28H,5-6,19-20H2,1-4H3,(H,33,37)/t21-,28-/m0/s1. The molecule has 8 nitrogen and oxygen atoms in total. The third-order valence-electron chi connectivity index (χ3n) is 6.71. The van der Waals surface area contributed by atoms with E-state index in [-0.39, 0.29) is 29.1 Å². The molecule has 0 aromatic heterocycles. The lowest BCUT2D eigenvalue weighted by Gasteiger charge is -2.34. The molecular formula is C30H35Cl2N3O5S. The Morgan fingerprint density at radius 3 is 2.17 bits per heavy atom. The third-order valence-corrected chi connectivity index (χ3v) is 9.09. The van der Waals surface area contributed by atoms with Gasteiger partial charge >= 0.3 is 0 Å². The Labute approximate surface area is 252 Å². The predicted molar refractivity (Wildman–Crippen MR) is 163 cm³/mol. The van der Waals surface area contributed by atoms with Crippen LogP contribution in [-0.2, 0) is 26.2 Å². The first-order chi connectivity index (χ1) is 19.5. The number of halogens is 2. The number of nitrogens with one attached hydrogen (secondary N) is 1. The molecule has 0 aliphatic carbocycles. The van der Waals surface area contributed by atoms with Crippen molar-refractivity contribution in [1.82, 2.24) is 10.2 Å². The lowest BCUT2D eigenvalue weighted by molar-refractivity contribution is -0.140. The van der Waals surface area contributed by atoms with Gasteiger partial charge < -0.3 is 15.0 Å². The molecule has 220 valence electrons. The highest BCUT2D eigenvalue weighted by Gasteiger charge is 2.34. The first kappa shape index (κ1) is 32.2. The molecule has 1 N–H and O–H groups in total. The van der Waals surface area contributed by atoms with E-state index in [1.165, 1.54) is 24.1 Å². The molecule has 0 bridgehead atoms. The monoisotopic (exact) mass is 619 g/mol. The Morgan fingerprint density at radius 2 is 1.61 bits per heavy atom. The molecule has 0 saturated carbocycles. The molecule has 0 fully saturated rings.